The maximum atomic E-state index is 6.51. The van der Waals surface area contributed by atoms with Gasteiger partial charge in [-0.3, -0.25) is 0 Å². The van der Waals surface area contributed by atoms with Crippen molar-refractivity contribution < 1.29 is 0 Å². The van der Waals surface area contributed by atoms with Crippen LogP contribution in [0.4, 0.5) is 5.95 Å². The van der Waals surface area contributed by atoms with Gasteiger partial charge in [-0.15, -0.1) is 0 Å². The molecule has 0 bridgehead atoms. The Morgan fingerprint density at radius 2 is 1.65 bits per heavy atom. The number of anilines is 1. The van der Waals surface area contributed by atoms with Gasteiger partial charge >= 0.3 is 0 Å². The molecule has 0 spiro atoms. The van der Waals surface area contributed by atoms with E-state index < -0.39 is 0 Å². The lowest BCUT2D eigenvalue weighted by Gasteiger charge is -2.40. The van der Waals surface area contributed by atoms with Crippen molar-refractivity contribution in [1.29, 1.82) is 0 Å². The molecule has 1 aromatic heterocycles. The quantitative estimate of drug-likeness (QED) is 0.897. The van der Waals surface area contributed by atoms with Gasteiger partial charge in [0.2, 0.25) is 5.95 Å². The van der Waals surface area contributed by atoms with Gasteiger partial charge in [-0.2, -0.15) is 0 Å². The van der Waals surface area contributed by atoms with Gasteiger partial charge in [-0.1, -0.05) is 30.7 Å². The van der Waals surface area contributed by atoms with Gasteiger partial charge in [-0.25, -0.2) is 9.97 Å². The lowest BCUT2D eigenvalue weighted by Crippen LogP contribution is -2.44. The van der Waals surface area contributed by atoms with Gasteiger partial charge in [0.1, 0.15) is 0 Å². The second-order valence-corrected chi connectivity index (χ2v) is 5.82. The summed E-state index contributed by atoms with van der Waals surface area (Å²) in [4.78, 5) is 8.04. The van der Waals surface area contributed by atoms with E-state index in [4.69, 9.17) is 11.5 Å². The molecule has 1 aliphatic rings. The highest BCUT2D eigenvalue weighted by atomic mass is 15.0. The van der Waals surface area contributed by atoms with Crippen LogP contribution in [0.15, 0.2) is 36.7 Å². The first kappa shape index (κ1) is 13.1. The Morgan fingerprint density at radius 1 is 1.05 bits per heavy atom. The summed E-state index contributed by atoms with van der Waals surface area (Å²) in [6, 6.07) is 8.38. The van der Waals surface area contributed by atoms with Crippen molar-refractivity contribution >= 4 is 5.95 Å². The largest absolute Gasteiger partial charge is 0.368 e. The fourth-order valence-electron chi connectivity index (χ4n) is 2.75. The van der Waals surface area contributed by atoms with E-state index in [0.717, 1.165) is 11.1 Å². The van der Waals surface area contributed by atoms with Crippen molar-refractivity contribution in [2.24, 2.45) is 11.7 Å². The van der Waals surface area contributed by atoms with Gasteiger partial charge in [-0.05, 0) is 36.8 Å². The minimum Gasteiger partial charge on any atom is -0.368 e. The summed E-state index contributed by atoms with van der Waals surface area (Å²) in [5.74, 6) is 0.901. The Labute approximate surface area is 119 Å². The molecule has 1 heterocycles. The molecule has 4 N–H and O–H groups in total. The number of nitrogens with two attached hydrogens (primary N) is 2. The van der Waals surface area contributed by atoms with Crippen molar-refractivity contribution in [2.45, 2.75) is 31.7 Å². The number of nitrogen functional groups attached to an aromatic ring is 1. The van der Waals surface area contributed by atoms with E-state index in [1.165, 1.54) is 24.8 Å². The maximum Gasteiger partial charge on any atom is 0.219 e. The predicted octanol–water partition coefficient (Wildman–Crippen LogP) is 2.70. The molecular formula is C16H20N4. The molecule has 1 saturated carbocycles. The van der Waals surface area contributed by atoms with Crippen LogP contribution in [0.5, 0.6) is 0 Å². The number of rotatable bonds is 3. The van der Waals surface area contributed by atoms with Crippen LogP contribution in [0.1, 0.15) is 31.7 Å². The first-order valence-electron chi connectivity index (χ1n) is 7.04. The van der Waals surface area contributed by atoms with E-state index in [-0.39, 0.29) is 5.54 Å². The Morgan fingerprint density at radius 3 is 2.15 bits per heavy atom. The molecule has 1 aromatic carbocycles. The van der Waals surface area contributed by atoms with Gasteiger partial charge in [0.25, 0.3) is 0 Å². The van der Waals surface area contributed by atoms with Gasteiger partial charge < -0.3 is 11.5 Å². The number of aromatic nitrogens is 2. The van der Waals surface area contributed by atoms with Gasteiger partial charge in [0.15, 0.2) is 0 Å². The Bertz CT molecular complexity index is 583. The van der Waals surface area contributed by atoms with E-state index >= 15 is 0 Å². The second-order valence-electron chi connectivity index (χ2n) is 5.82. The summed E-state index contributed by atoms with van der Waals surface area (Å²) < 4.78 is 0. The van der Waals surface area contributed by atoms with Crippen LogP contribution >= 0.6 is 0 Å². The van der Waals surface area contributed by atoms with E-state index in [1.807, 2.05) is 0 Å². The highest BCUT2D eigenvalue weighted by Crippen LogP contribution is 2.40. The summed E-state index contributed by atoms with van der Waals surface area (Å²) in [5.41, 5.74) is 15.0. The van der Waals surface area contributed by atoms with Crippen LogP contribution in [0.2, 0.25) is 0 Å². The molecule has 0 amide bonds. The van der Waals surface area contributed by atoms with E-state index in [2.05, 4.69) is 41.2 Å². The molecule has 1 atom stereocenters. The number of hydrogen-bond donors (Lipinski definition) is 2. The van der Waals surface area contributed by atoms with Crippen molar-refractivity contribution in [1.82, 2.24) is 9.97 Å². The topological polar surface area (TPSA) is 77.8 Å². The third-order valence-corrected chi connectivity index (χ3v) is 4.47. The fourth-order valence-corrected chi connectivity index (χ4v) is 2.75. The van der Waals surface area contributed by atoms with Crippen LogP contribution in [0, 0.1) is 5.92 Å². The molecule has 4 nitrogen and oxygen atoms in total. The predicted molar refractivity (Wildman–Crippen MR) is 80.8 cm³/mol. The monoisotopic (exact) mass is 268 g/mol. The summed E-state index contributed by atoms with van der Waals surface area (Å²) in [7, 11) is 0. The summed E-state index contributed by atoms with van der Waals surface area (Å²) in [5, 5.41) is 0. The normalized spacial score (nSPS) is 18.3. The van der Waals surface area contributed by atoms with Crippen molar-refractivity contribution in [3.8, 4) is 11.1 Å². The standard InChI is InChI=1S/C16H20N4/c1-16(18,13-3-2-4-13)14-7-5-11(6-8-14)12-9-19-15(17)20-10-12/h5-10,13H,2-4,18H2,1H3,(H2,17,19,20). The zero-order chi connectivity index (χ0) is 14.2. The molecule has 0 aliphatic heterocycles. The van der Waals surface area contributed by atoms with Crippen molar-refractivity contribution in [3.63, 3.8) is 0 Å². The molecule has 0 saturated heterocycles. The SMILES string of the molecule is CC(N)(c1ccc(-c2cnc(N)nc2)cc1)C1CCC1. The summed E-state index contributed by atoms with van der Waals surface area (Å²) in [6.45, 7) is 2.14. The molecule has 4 heteroatoms. The van der Waals surface area contributed by atoms with Crippen LogP contribution in [0.25, 0.3) is 11.1 Å². The third-order valence-electron chi connectivity index (χ3n) is 4.47. The number of nitrogens with zero attached hydrogens (tertiary/aromatic N) is 2. The van der Waals surface area contributed by atoms with Crippen LogP contribution in [0.3, 0.4) is 0 Å². The highest BCUT2D eigenvalue weighted by Gasteiger charge is 2.35. The highest BCUT2D eigenvalue weighted by molar-refractivity contribution is 5.62. The first-order chi connectivity index (χ1) is 9.57. The van der Waals surface area contributed by atoms with Gasteiger partial charge in [0, 0.05) is 23.5 Å². The van der Waals surface area contributed by atoms with E-state index in [1.54, 1.807) is 12.4 Å². The summed E-state index contributed by atoms with van der Waals surface area (Å²) >= 11 is 0. The lowest BCUT2D eigenvalue weighted by molar-refractivity contribution is 0.183. The Balaban J connectivity index is 1.85. The molecule has 104 valence electrons. The number of benzene rings is 1. The molecule has 1 fully saturated rings. The zero-order valence-electron chi connectivity index (χ0n) is 11.7. The fraction of sp³-hybridized carbons (Fsp3) is 0.375. The molecular weight excluding hydrogens is 248 g/mol. The minimum absolute atomic E-state index is 0.228. The molecule has 20 heavy (non-hydrogen) atoms. The van der Waals surface area contributed by atoms with Gasteiger partial charge in [0.05, 0.1) is 0 Å². The van der Waals surface area contributed by atoms with E-state index in [0.29, 0.717) is 11.9 Å². The second kappa shape index (κ2) is 4.87. The van der Waals surface area contributed by atoms with E-state index in [9.17, 15) is 0 Å². The van der Waals surface area contributed by atoms with Crippen LogP contribution in [-0.4, -0.2) is 9.97 Å². The molecule has 2 aromatic rings. The minimum atomic E-state index is -0.228. The first-order valence-corrected chi connectivity index (χ1v) is 7.04. The lowest BCUT2D eigenvalue weighted by atomic mass is 9.69. The maximum absolute atomic E-state index is 6.51. The number of hydrogen-bond acceptors (Lipinski definition) is 4. The molecule has 1 unspecified atom stereocenters. The summed E-state index contributed by atoms with van der Waals surface area (Å²) in [6.07, 6.45) is 7.26. The van der Waals surface area contributed by atoms with Crippen molar-refractivity contribution in [3.05, 3.63) is 42.2 Å². The molecule has 1 aliphatic carbocycles. The van der Waals surface area contributed by atoms with Crippen LogP contribution in [-0.2, 0) is 5.54 Å². The Kier molecular flexibility index (Phi) is 3.18. The molecule has 3 rings (SSSR count). The molecule has 0 radical (unpaired) electrons. The third kappa shape index (κ3) is 2.27. The Hall–Kier alpha value is -1.94. The zero-order valence-corrected chi connectivity index (χ0v) is 11.7. The van der Waals surface area contributed by atoms with Crippen molar-refractivity contribution in [2.75, 3.05) is 5.73 Å². The smallest absolute Gasteiger partial charge is 0.219 e. The average molecular weight is 268 g/mol. The average Bonchev–Trinajstić information content (AvgIpc) is 2.37. The van der Waals surface area contributed by atoms with Crippen LogP contribution < -0.4 is 11.5 Å².